The number of pyridine rings is 1. The fraction of sp³-hybridized carbons (Fsp3) is 0.200. The molecular formula is C15H17N3O2. The Morgan fingerprint density at radius 1 is 1.30 bits per heavy atom. The standard InChI is InChI=1S/C15H17N3O2/c1-16-14-7-6-12(10-17-14)15(19)18-9-11-4-3-5-13(8-11)20-2/h3-8,10H,9H2,1-2H3,(H,16,17)(H,18,19). The van der Waals surface area contributed by atoms with E-state index in [-0.39, 0.29) is 5.91 Å². The van der Waals surface area contributed by atoms with Gasteiger partial charge in [0.2, 0.25) is 0 Å². The van der Waals surface area contributed by atoms with Crippen LogP contribution >= 0.6 is 0 Å². The van der Waals surface area contributed by atoms with E-state index in [1.165, 1.54) is 0 Å². The lowest BCUT2D eigenvalue weighted by Gasteiger charge is -2.07. The van der Waals surface area contributed by atoms with Crippen molar-refractivity contribution >= 4 is 11.7 Å². The Labute approximate surface area is 118 Å². The van der Waals surface area contributed by atoms with E-state index in [4.69, 9.17) is 4.74 Å². The number of aromatic nitrogens is 1. The van der Waals surface area contributed by atoms with E-state index in [0.29, 0.717) is 12.1 Å². The van der Waals surface area contributed by atoms with E-state index in [2.05, 4.69) is 15.6 Å². The first-order valence-corrected chi connectivity index (χ1v) is 6.28. The summed E-state index contributed by atoms with van der Waals surface area (Å²) >= 11 is 0. The molecule has 0 bridgehead atoms. The topological polar surface area (TPSA) is 63.2 Å². The molecule has 0 aliphatic rings. The molecular weight excluding hydrogens is 254 g/mol. The first-order valence-electron chi connectivity index (χ1n) is 6.28. The predicted molar refractivity (Wildman–Crippen MR) is 77.9 cm³/mol. The Morgan fingerprint density at radius 2 is 2.15 bits per heavy atom. The van der Waals surface area contributed by atoms with Gasteiger partial charge in [-0.25, -0.2) is 4.98 Å². The molecule has 5 heteroatoms. The summed E-state index contributed by atoms with van der Waals surface area (Å²) in [6.07, 6.45) is 1.55. The van der Waals surface area contributed by atoms with Crippen molar-refractivity contribution in [1.29, 1.82) is 0 Å². The maximum Gasteiger partial charge on any atom is 0.253 e. The van der Waals surface area contributed by atoms with Crippen LogP contribution in [0, 0.1) is 0 Å². The van der Waals surface area contributed by atoms with Gasteiger partial charge in [0.25, 0.3) is 5.91 Å². The zero-order chi connectivity index (χ0) is 14.4. The summed E-state index contributed by atoms with van der Waals surface area (Å²) in [4.78, 5) is 16.1. The van der Waals surface area contributed by atoms with Gasteiger partial charge in [0, 0.05) is 19.8 Å². The third-order valence-corrected chi connectivity index (χ3v) is 2.87. The van der Waals surface area contributed by atoms with Gasteiger partial charge in [0.1, 0.15) is 11.6 Å². The number of nitrogens with one attached hydrogen (secondary N) is 2. The van der Waals surface area contributed by atoms with Crippen molar-refractivity contribution in [1.82, 2.24) is 10.3 Å². The van der Waals surface area contributed by atoms with Crippen molar-refractivity contribution in [2.75, 3.05) is 19.5 Å². The molecule has 1 aromatic carbocycles. The number of benzene rings is 1. The molecule has 20 heavy (non-hydrogen) atoms. The monoisotopic (exact) mass is 271 g/mol. The molecule has 0 saturated heterocycles. The molecule has 0 fully saturated rings. The highest BCUT2D eigenvalue weighted by Crippen LogP contribution is 2.12. The molecule has 0 unspecified atom stereocenters. The Balaban J connectivity index is 1.97. The maximum atomic E-state index is 12.0. The van der Waals surface area contributed by atoms with Gasteiger partial charge >= 0.3 is 0 Å². The highest BCUT2D eigenvalue weighted by Gasteiger charge is 2.06. The summed E-state index contributed by atoms with van der Waals surface area (Å²) in [5, 5.41) is 5.76. The van der Waals surface area contributed by atoms with Crippen LogP contribution in [0.25, 0.3) is 0 Å². The van der Waals surface area contributed by atoms with Crippen LogP contribution in [-0.4, -0.2) is 25.0 Å². The van der Waals surface area contributed by atoms with E-state index in [9.17, 15) is 4.79 Å². The lowest BCUT2D eigenvalue weighted by atomic mass is 10.2. The average molecular weight is 271 g/mol. The molecule has 2 aromatic rings. The minimum atomic E-state index is -0.150. The Morgan fingerprint density at radius 3 is 2.80 bits per heavy atom. The second-order valence-electron chi connectivity index (χ2n) is 4.22. The molecule has 2 N–H and O–H groups in total. The van der Waals surface area contributed by atoms with Crippen molar-refractivity contribution in [2.45, 2.75) is 6.54 Å². The van der Waals surface area contributed by atoms with Crippen molar-refractivity contribution < 1.29 is 9.53 Å². The quantitative estimate of drug-likeness (QED) is 0.873. The van der Waals surface area contributed by atoms with Crippen LogP contribution in [0.1, 0.15) is 15.9 Å². The van der Waals surface area contributed by atoms with E-state index in [1.807, 2.05) is 24.3 Å². The molecule has 1 heterocycles. The van der Waals surface area contributed by atoms with Gasteiger partial charge < -0.3 is 15.4 Å². The predicted octanol–water partition coefficient (Wildman–Crippen LogP) is 2.06. The zero-order valence-corrected chi connectivity index (χ0v) is 11.5. The second kappa shape index (κ2) is 6.56. The summed E-state index contributed by atoms with van der Waals surface area (Å²) in [5.41, 5.74) is 1.52. The van der Waals surface area contributed by atoms with E-state index in [1.54, 1.807) is 32.5 Å². The third kappa shape index (κ3) is 3.47. The van der Waals surface area contributed by atoms with Crippen molar-refractivity contribution in [3.8, 4) is 5.75 Å². The molecule has 104 valence electrons. The number of rotatable bonds is 5. The Kier molecular flexibility index (Phi) is 4.55. The van der Waals surface area contributed by atoms with Crippen molar-refractivity contribution in [3.05, 3.63) is 53.7 Å². The van der Waals surface area contributed by atoms with Gasteiger partial charge in [-0.3, -0.25) is 4.79 Å². The van der Waals surface area contributed by atoms with Gasteiger partial charge in [0.15, 0.2) is 0 Å². The lowest BCUT2D eigenvalue weighted by molar-refractivity contribution is 0.0950. The highest BCUT2D eigenvalue weighted by atomic mass is 16.5. The van der Waals surface area contributed by atoms with Crippen LogP contribution < -0.4 is 15.4 Å². The third-order valence-electron chi connectivity index (χ3n) is 2.87. The van der Waals surface area contributed by atoms with Crippen molar-refractivity contribution in [2.24, 2.45) is 0 Å². The van der Waals surface area contributed by atoms with Crippen LogP contribution in [0.4, 0.5) is 5.82 Å². The zero-order valence-electron chi connectivity index (χ0n) is 11.5. The Hall–Kier alpha value is -2.56. The number of anilines is 1. The number of ether oxygens (including phenoxy) is 1. The fourth-order valence-electron chi connectivity index (χ4n) is 1.74. The first kappa shape index (κ1) is 13.9. The number of hydrogen-bond donors (Lipinski definition) is 2. The van der Waals surface area contributed by atoms with Crippen LogP contribution in [0.3, 0.4) is 0 Å². The summed E-state index contributed by atoms with van der Waals surface area (Å²) in [6, 6.07) is 11.1. The number of carbonyl (C=O) groups is 1. The first-order chi connectivity index (χ1) is 9.72. The summed E-state index contributed by atoms with van der Waals surface area (Å²) in [6.45, 7) is 0.448. The minimum absolute atomic E-state index is 0.150. The fourth-order valence-corrected chi connectivity index (χ4v) is 1.74. The van der Waals surface area contributed by atoms with Crippen LogP contribution in [0.2, 0.25) is 0 Å². The number of methoxy groups -OCH3 is 1. The number of carbonyl (C=O) groups excluding carboxylic acids is 1. The normalized spacial score (nSPS) is 9.90. The minimum Gasteiger partial charge on any atom is -0.497 e. The lowest BCUT2D eigenvalue weighted by Crippen LogP contribution is -2.22. The molecule has 0 saturated carbocycles. The highest BCUT2D eigenvalue weighted by molar-refractivity contribution is 5.93. The molecule has 1 aromatic heterocycles. The smallest absolute Gasteiger partial charge is 0.253 e. The SMILES string of the molecule is CNc1ccc(C(=O)NCc2cccc(OC)c2)cn1. The van der Waals surface area contributed by atoms with E-state index < -0.39 is 0 Å². The summed E-state index contributed by atoms with van der Waals surface area (Å²) in [5.74, 6) is 1.36. The van der Waals surface area contributed by atoms with Gasteiger partial charge in [-0.15, -0.1) is 0 Å². The summed E-state index contributed by atoms with van der Waals surface area (Å²) in [7, 11) is 3.40. The molecule has 0 spiro atoms. The van der Waals surface area contributed by atoms with Crippen molar-refractivity contribution in [3.63, 3.8) is 0 Å². The van der Waals surface area contributed by atoms with Gasteiger partial charge in [-0.1, -0.05) is 12.1 Å². The van der Waals surface area contributed by atoms with Gasteiger partial charge in [-0.05, 0) is 29.8 Å². The second-order valence-corrected chi connectivity index (χ2v) is 4.22. The molecule has 0 aliphatic heterocycles. The number of nitrogens with zero attached hydrogens (tertiary/aromatic N) is 1. The molecule has 1 amide bonds. The van der Waals surface area contributed by atoms with Crippen LogP contribution in [-0.2, 0) is 6.54 Å². The Bertz CT molecular complexity index is 582. The average Bonchev–Trinajstić information content (AvgIpc) is 2.53. The van der Waals surface area contributed by atoms with E-state index >= 15 is 0 Å². The summed E-state index contributed by atoms with van der Waals surface area (Å²) < 4.78 is 5.14. The number of amides is 1. The number of hydrogen-bond acceptors (Lipinski definition) is 4. The molecule has 0 atom stereocenters. The molecule has 0 aliphatic carbocycles. The van der Waals surface area contributed by atoms with E-state index in [0.717, 1.165) is 17.1 Å². The molecule has 5 nitrogen and oxygen atoms in total. The maximum absolute atomic E-state index is 12.0. The molecule has 0 radical (unpaired) electrons. The largest absolute Gasteiger partial charge is 0.497 e. The van der Waals surface area contributed by atoms with Gasteiger partial charge in [0.05, 0.1) is 12.7 Å². The van der Waals surface area contributed by atoms with Crippen LogP contribution in [0.5, 0.6) is 5.75 Å². The molecule has 2 rings (SSSR count). The van der Waals surface area contributed by atoms with Gasteiger partial charge in [-0.2, -0.15) is 0 Å². The van der Waals surface area contributed by atoms with Crippen LogP contribution in [0.15, 0.2) is 42.6 Å².